The van der Waals surface area contributed by atoms with E-state index in [1.54, 1.807) is 0 Å². The number of aromatic nitrogens is 2. The molecule has 1 aliphatic heterocycles. The molecule has 0 N–H and O–H groups in total. The van der Waals surface area contributed by atoms with Gasteiger partial charge in [0, 0.05) is 40.5 Å². The number of anilines is 4. The fraction of sp³-hybridized carbons (Fsp3) is 0.327. The SMILES string of the molecule is CCc1cc2c(cc1CC)N(c1cccc(C(C)(C)C)c1)CN2c1cc(CC(C)C)cc(Oc2ccc3c4ccccc4n(-c4cc(C(C)(C)C)ccn4)c3c2)c1. The van der Waals surface area contributed by atoms with Gasteiger partial charge in [-0.3, -0.25) is 4.57 Å². The van der Waals surface area contributed by atoms with E-state index in [1.165, 1.54) is 55.7 Å². The lowest BCUT2D eigenvalue weighted by Gasteiger charge is -2.25. The summed E-state index contributed by atoms with van der Waals surface area (Å²) in [6.07, 6.45) is 4.90. The summed E-state index contributed by atoms with van der Waals surface area (Å²) >= 11 is 0. The lowest BCUT2D eigenvalue weighted by molar-refractivity contribution is 0.482. The zero-order chi connectivity index (χ0) is 40.2. The van der Waals surface area contributed by atoms with Crippen molar-refractivity contribution in [1.29, 1.82) is 0 Å². The van der Waals surface area contributed by atoms with Crippen molar-refractivity contribution in [2.75, 3.05) is 16.5 Å². The molecule has 3 heterocycles. The molecule has 0 atom stereocenters. The van der Waals surface area contributed by atoms with Gasteiger partial charge in [0.05, 0.1) is 22.4 Å². The van der Waals surface area contributed by atoms with Crippen LogP contribution in [0.2, 0.25) is 0 Å². The first-order valence-electron chi connectivity index (χ1n) is 20.8. The normalized spacial score (nSPS) is 13.3. The average molecular weight is 755 g/mol. The molecule has 0 amide bonds. The van der Waals surface area contributed by atoms with Crippen molar-refractivity contribution in [2.24, 2.45) is 5.92 Å². The highest BCUT2D eigenvalue weighted by molar-refractivity contribution is 6.09. The van der Waals surface area contributed by atoms with Gasteiger partial charge in [0.25, 0.3) is 0 Å². The van der Waals surface area contributed by atoms with Crippen LogP contribution < -0.4 is 14.5 Å². The number of para-hydroxylation sites is 1. The van der Waals surface area contributed by atoms with Crippen LogP contribution in [0.1, 0.15) is 97.1 Å². The lowest BCUT2D eigenvalue weighted by atomic mass is 9.87. The molecular weight excluding hydrogens is 697 g/mol. The van der Waals surface area contributed by atoms with E-state index < -0.39 is 0 Å². The van der Waals surface area contributed by atoms with Crippen molar-refractivity contribution in [1.82, 2.24) is 9.55 Å². The largest absolute Gasteiger partial charge is 0.457 e. The third kappa shape index (κ3) is 7.41. The van der Waals surface area contributed by atoms with Gasteiger partial charge in [-0.1, -0.05) is 99.6 Å². The minimum Gasteiger partial charge on any atom is -0.457 e. The molecule has 7 aromatic rings. The van der Waals surface area contributed by atoms with Gasteiger partial charge in [-0.05, 0) is 131 Å². The van der Waals surface area contributed by atoms with Crippen molar-refractivity contribution >= 4 is 44.6 Å². The maximum atomic E-state index is 6.93. The molecule has 0 radical (unpaired) electrons. The fourth-order valence-corrected chi connectivity index (χ4v) is 8.48. The Bertz CT molecular complexity index is 2600. The smallest absolute Gasteiger partial charge is 0.137 e. The van der Waals surface area contributed by atoms with Gasteiger partial charge in [-0.25, -0.2) is 4.98 Å². The molecule has 0 bridgehead atoms. The third-order valence-corrected chi connectivity index (χ3v) is 11.6. The summed E-state index contributed by atoms with van der Waals surface area (Å²) in [4.78, 5) is 9.89. The summed E-state index contributed by atoms with van der Waals surface area (Å²) in [7, 11) is 0. The Labute approximate surface area is 339 Å². The molecule has 292 valence electrons. The molecule has 2 aromatic heterocycles. The summed E-state index contributed by atoms with van der Waals surface area (Å²) < 4.78 is 9.22. The zero-order valence-corrected chi connectivity index (χ0v) is 35.6. The Kier molecular flexibility index (Phi) is 9.92. The number of fused-ring (bicyclic) bond motifs is 4. The van der Waals surface area contributed by atoms with Crippen molar-refractivity contribution in [2.45, 2.75) is 99.3 Å². The number of nitrogens with zero attached hydrogens (tertiary/aromatic N) is 4. The third-order valence-electron chi connectivity index (χ3n) is 11.6. The Hall–Kier alpha value is -5.55. The van der Waals surface area contributed by atoms with Crippen LogP contribution in [0, 0.1) is 5.92 Å². The molecule has 8 rings (SSSR count). The van der Waals surface area contributed by atoms with Gasteiger partial charge in [0.1, 0.15) is 24.0 Å². The summed E-state index contributed by atoms with van der Waals surface area (Å²) in [6, 6.07) is 40.3. The van der Waals surface area contributed by atoms with E-state index in [1.807, 2.05) is 6.20 Å². The van der Waals surface area contributed by atoms with Crippen molar-refractivity contribution in [3.63, 3.8) is 0 Å². The number of hydrogen-bond donors (Lipinski definition) is 0. The number of rotatable bonds is 9. The number of benzene rings is 5. The second kappa shape index (κ2) is 14.8. The van der Waals surface area contributed by atoms with E-state index in [9.17, 15) is 0 Å². The molecule has 0 aliphatic carbocycles. The minimum absolute atomic E-state index is 0.00315. The molecule has 0 saturated heterocycles. The molecule has 5 nitrogen and oxygen atoms in total. The number of aryl methyl sites for hydroxylation is 2. The van der Waals surface area contributed by atoms with Gasteiger partial charge < -0.3 is 14.5 Å². The molecule has 1 aliphatic rings. The Balaban J connectivity index is 1.23. The Morgan fingerprint density at radius 3 is 1.96 bits per heavy atom. The first kappa shape index (κ1) is 38.3. The lowest BCUT2D eigenvalue weighted by Crippen LogP contribution is -2.24. The van der Waals surface area contributed by atoms with Crippen LogP contribution in [-0.2, 0) is 30.1 Å². The summed E-state index contributed by atoms with van der Waals surface area (Å²) in [5.74, 6) is 3.05. The van der Waals surface area contributed by atoms with Crippen LogP contribution in [0.25, 0.3) is 27.6 Å². The van der Waals surface area contributed by atoms with E-state index in [2.05, 4.69) is 193 Å². The molecule has 0 spiro atoms. The number of pyridine rings is 1. The molecule has 0 saturated carbocycles. The summed E-state index contributed by atoms with van der Waals surface area (Å²) in [6.45, 7) is 23.5. The molecule has 5 heteroatoms. The number of ether oxygens (including phenoxy) is 1. The average Bonchev–Trinajstić information content (AvgIpc) is 3.71. The Morgan fingerprint density at radius 1 is 0.614 bits per heavy atom. The van der Waals surface area contributed by atoms with Gasteiger partial charge in [-0.15, -0.1) is 0 Å². The first-order chi connectivity index (χ1) is 27.2. The fourth-order valence-electron chi connectivity index (χ4n) is 8.48. The monoisotopic (exact) mass is 754 g/mol. The standard InChI is InChI=1S/C52H58N4O/c1-11-36-27-48-49(28-37(36)12-2)55(33-54(48)40-17-15-16-38(29-40)51(5,6)7)41-25-35(24-34(3)4)26-43(31-41)57-42-20-21-45-44-18-13-14-19-46(44)56(47(45)32-42)50-30-39(22-23-53-50)52(8,9)10/h13-23,25-32,34H,11-12,24,33H2,1-10H3. The van der Waals surface area contributed by atoms with Gasteiger partial charge in [0.2, 0.25) is 0 Å². The highest BCUT2D eigenvalue weighted by Crippen LogP contribution is 2.48. The zero-order valence-electron chi connectivity index (χ0n) is 35.6. The topological polar surface area (TPSA) is 33.5 Å². The van der Waals surface area contributed by atoms with E-state index in [-0.39, 0.29) is 10.8 Å². The second-order valence-corrected chi connectivity index (χ2v) is 18.3. The molecule has 0 unspecified atom stereocenters. The second-order valence-electron chi connectivity index (χ2n) is 18.3. The van der Waals surface area contributed by atoms with Crippen LogP contribution in [0.5, 0.6) is 11.5 Å². The first-order valence-corrected chi connectivity index (χ1v) is 20.8. The van der Waals surface area contributed by atoms with E-state index in [4.69, 9.17) is 9.72 Å². The molecular formula is C52H58N4O. The molecule has 0 fully saturated rings. The van der Waals surface area contributed by atoms with Crippen LogP contribution in [0.4, 0.5) is 22.7 Å². The van der Waals surface area contributed by atoms with Crippen LogP contribution in [-0.4, -0.2) is 16.2 Å². The maximum Gasteiger partial charge on any atom is 0.137 e. The summed E-state index contributed by atoms with van der Waals surface area (Å²) in [5.41, 5.74) is 13.8. The predicted octanol–water partition coefficient (Wildman–Crippen LogP) is 14.1. The van der Waals surface area contributed by atoms with Crippen molar-refractivity contribution in [3.05, 3.63) is 143 Å². The van der Waals surface area contributed by atoms with Gasteiger partial charge in [0.15, 0.2) is 0 Å². The van der Waals surface area contributed by atoms with Crippen LogP contribution in [0.3, 0.4) is 0 Å². The highest BCUT2D eigenvalue weighted by atomic mass is 16.5. The number of hydrogen-bond acceptors (Lipinski definition) is 4. The van der Waals surface area contributed by atoms with E-state index in [0.29, 0.717) is 5.92 Å². The minimum atomic E-state index is 0.00315. The van der Waals surface area contributed by atoms with Crippen molar-refractivity contribution < 1.29 is 4.74 Å². The predicted molar refractivity (Wildman–Crippen MR) is 242 cm³/mol. The Morgan fingerprint density at radius 2 is 1.28 bits per heavy atom. The van der Waals surface area contributed by atoms with Gasteiger partial charge >= 0.3 is 0 Å². The quantitative estimate of drug-likeness (QED) is 0.147. The van der Waals surface area contributed by atoms with E-state index >= 15 is 0 Å². The van der Waals surface area contributed by atoms with E-state index in [0.717, 1.165) is 60.0 Å². The molecule has 5 aromatic carbocycles. The van der Waals surface area contributed by atoms with Crippen LogP contribution >= 0.6 is 0 Å². The maximum absolute atomic E-state index is 6.93. The summed E-state index contributed by atoms with van der Waals surface area (Å²) in [5, 5.41) is 2.38. The molecule has 57 heavy (non-hydrogen) atoms. The highest BCUT2D eigenvalue weighted by Gasteiger charge is 2.31. The van der Waals surface area contributed by atoms with Crippen molar-refractivity contribution in [3.8, 4) is 17.3 Å². The van der Waals surface area contributed by atoms with Crippen LogP contribution in [0.15, 0.2) is 115 Å². The van der Waals surface area contributed by atoms with Gasteiger partial charge in [-0.2, -0.15) is 0 Å².